The Morgan fingerprint density at radius 3 is 2.52 bits per heavy atom. The van der Waals surface area contributed by atoms with Gasteiger partial charge < -0.3 is 10.7 Å². The van der Waals surface area contributed by atoms with Crippen LogP contribution in [0.5, 0.6) is 0 Å². The van der Waals surface area contributed by atoms with Gasteiger partial charge in [0.15, 0.2) is 0 Å². The van der Waals surface area contributed by atoms with Gasteiger partial charge in [-0.3, -0.25) is 4.90 Å². The van der Waals surface area contributed by atoms with Crippen molar-refractivity contribution < 1.29 is 12.8 Å². The molecule has 0 saturated carbocycles. The Bertz CT molecular complexity index is 1070. The Kier molecular flexibility index (Phi) is 8.26. The van der Waals surface area contributed by atoms with Gasteiger partial charge in [-0.1, -0.05) is 20.8 Å². The molecular weight excluding hydrogens is 439 g/mol. The first-order chi connectivity index (χ1) is 15.6. The maximum Gasteiger partial charge on any atom is 0.214 e. The summed E-state index contributed by atoms with van der Waals surface area (Å²) in [5, 5.41) is 11.3. The van der Waals surface area contributed by atoms with Gasteiger partial charge in [-0.2, -0.15) is 4.31 Å². The van der Waals surface area contributed by atoms with E-state index in [1.807, 2.05) is 26.0 Å². The fraction of sp³-hybridized carbons (Fsp3) is 0.480. The van der Waals surface area contributed by atoms with Crippen molar-refractivity contribution in [2.75, 3.05) is 37.2 Å². The Balaban J connectivity index is 1.97. The van der Waals surface area contributed by atoms with Gasteiger partial charge >= 0.3 is 0 Å². The molecule has 0 spiro atoms. The molecular formula is C25H35FN4O2S. The topological polar surface area (TPSA) is 76.5 Å². The zero-order valence-electron chi connectivity index (χ0n) is 19.9. The van der Waals surface area contributed by atoms with Crippen LogP contribution in [0.3, 0.4) is 0 Å². The minimum absolute atomic E-state index is 0.0775. The van der Waals surface area contributed by atoms with Gasteiger partial charge in [-0.25, -0.2) is 12.8 Å². The molecule has 180 valence electrons. The number of rotatable bonds is 9. The molecule has 1 heterocycles. The molecule has 2 aromatic rings. The Morgan fingerprint density at radius 2 is 1.91 bits per heavy atom. The van der Waals surface area contributed by atoms with E-state index in [0.717, 1.165) is 29.0 Å². The molecule has 33 heavy (non-hydrogen) atoms. The number of nitrogens with zero attached hydrogens (tertiary/aromatic N) is 2. The van der Waals surface area contributed by atoms with Gasteiger partial charge in [0.05, 0.1) is 5.75 Å². The number of hydrogen-bond acceptors (Lipinski definition) is 5. The Morgan fingerprint density at radius 1 is 1.21 bits per heavy atom. The van der Waals surface area contributed by atoms with Crippen LogP contribution >= 0.6 is 0 Å². The third-order valence-electron chi connectivity index (χ3n) is 5.99. The molecule has 1 saturated heterocycles. The number of anilines is 2. The third-order valence-corrected chi connectivity index (χ3v) is 8.03. The second kappa shape index (κ2) is 10.8. The second-order valence-corrected chi connectivity index (χ2v) is 11.2. The SMILES string of the molecule is CCCS(=O)(=O)N1CCN(CC(C)C)[C@H](c2cc(C=N)c(Nc3ccc(F)cc3)cc2C)C1. The molecule has 0 amide bonds. The van der Waals surface area contributed by atoms with E-state index < -0.39 is 10.0 Å². The van der Waals surface area contributed by atoms with E-state index in [2.05, 4.69) is 24.1 Å². The average Bonchev–Trinajstić information content (AvgIpc) is 2.75. The fourth-order valence-corrected chi connectivity index (χ4v) is 5.94. The first-order valence-corrected chi connectivity index (χ1v) is 13.1. The van der Waals surface area contributed by atoms with Crippen LogP contribution in [0.15, 0.2) is 36.4 Å². The lowest BCUT2D eigenvalue weighted by atomic mass is 9.94. The van der Waals surface area contributed by atoms with Gasteiger partial charge in [0.1, 0.15) is 5.82 Å². The van der Waals surface area contributed by atoms with Crippen LogP contribution in [-0.4, -0.2) is 55.8 Å². The largest absolute Gasteiger partial charge is 0.355 e. The number of benzene rings is 2. The summed E-state index contributed by atoms with van der Waals surface area (Å²) < 4.78 is 40.5. The summed E-state index contributed by atoms with van der Waals surface area (Å²) in [7, 11) is -3.29. The molecule has 8 heteroatoms. The number of halogens is 1. The van der Waals surface area contributed by atoms with E-state index in [1.54, 1.807) is 16.4 Å². The molecule has 0 aliphatic carbocycles. The lowest BCUT2D eigenvalue weighted by Crippen LogP contribution is -2.51. The molecule has 1 aliphatic rings. The predicted octanol–water partition coefficient (Wildman–Crippen LogP) is 4.93. The molecule has 1 atom stereocenters. The number of sulfonamides is 1. The monoisotopic (exact) mass is 474 g/mol. The molecule has 3 rings (SSSR count). The summed E-state index contributed by atoms with van der Waals surface area (Å²) in [6.45, 7) is 10.7. The van der Waals surface area contributed by atoms with Crippen molar-refractivity contribution in [2.24, 2.45) is 5.92 Å². The summed E-state index contributed by atoms with van der Waals surface area (Å²) >= 11 is 0. The summed E-state index contributed by atoms with van der Waals surface area (Å²) in [5.74, 6) is 0.313. The molecule has 0 radical (unpaired) electrons. The quantitative estimate of drug-likeness (QED) is 0.505. The van der Waals surface area contributed by atoms with Crippen molar-refractivity contribution in [3.8, 4) is 0 Å². The third kappa shape index (κ3) is 6.19. The van der Waals surface area contributed by atoms with Crippen LogP contribution in [0.4, 0.5) is 15.8 Å². The van der Waals surface area contributed by atoms with E-state index in [4.69, 9.17) is 5.41 Å². The average molecular weight is 475 g/mol. The van der Waals surface area contributed by atoms with Gasteiger partial charge in [0, 0.05) is 55.4 Å². The van der Waals surface area contributed by atoms with Gasteiger partial charge in [-0.05, 0) is 66.8 Å². The van der Waals surface area contributed by atoms with Crippen LogP contribution in [0.1, 0.15) is 49.9 Å². The minimum Gasteiger partial charge on any atom is -0.355 e. The molecule has 1 fully saturated rings. The summed E-state index contributed by atoms with van der Waals surface area (Å²) in [5.41, 5.74) is 4.27. The van der Waals surface area contributed by atoms with Crippen LogP contribution < -0.4 is 5.32 Å². The summed E-state index contributed by atoms with van der Waals surface area (Å²) in [6.07, 6.45) is 1.90. The molecule has 0 unspecified atom stereocenters. The highest BCUT2D eigenvalue weighted by Gasteiger charge is 2.34. The van der Waals surface area contributed by atoms with Gasteiger partial charge in [0.2, 0.25) is 10.0 Å². The van der Waals surface area contributed by atoms with E-state index in [0.29, 0.717) is 37.5 Å². The van der Waals surface area contributed by atoms with E-state index >= 15 is 0 Å². The highest BCUT2D eigenvalue weighted by atomic mass is 32.2. The smallest absolute Gasteiger partial charge is 0.214 e. The van der Waals surface area contributed by atoms with Crippen molar-refractivity contribution >= 4 is 27.6 Å². The normalized spacial score (nSPS) is 17.9. The number of hydrogen-bond donors (Lipinski definition) is 2. The second-order valence-electron chi connectivity index (χ2n) is 9.15. The first-order valence-electron chi connectivity index (χ1n) is 11.5. The predicted molar refractivity (Wildman–Crippen MR) is 134 cm³/mol. The minimum atomic E-state index is -3.29. The molecule has 0 bridgehead atoms. The van der Waals surface area contributed by atoms with E-state index in [1.165, 1.54) is 18.3 Å². The lowest BCUT2D eigenvalue weighted by molar-refractivity contribution is 0.105. The standard InChI is InChI=1S/C25H35FN4O2S/c1-5-12-33(31,32)30-11-10-29(16-18(2)3)25(17-30)23-14-20(15-27)24(13-19(23)4)28-22-8-6-21(26)7-9-22/h6-9,13-15,18,25,27-28H,5,10-12,16-17H2,1-4H3/t25-/m0/s1. The van der Waals surface area contributed by atoms with Crippen molar-refractivity contribution in [1.29, 1.82) is 5.41 Å². The molecule has 2 N–H and O–H groups in total. The number of aryl methyl sites for hydroxylation is 1. The fourth-order valence-electron chi connectivity index (χ4n) is 4.44. The number of nitrogens with one attached hydrogen (secondary N) is 2. The van der Waals surface area contributed by atoms with Crippen molar-refractivity contribution in [1.82, 2.24) is 9.21 Å². The Hall–Kier alpha value is -2.29. The number of piperazine rings is 1. The molecule has 2 aromatic carbocycles. The molecule has 0 aromatic heterocycles. The van der Waals surface area contributed by atoms with E-state index in [-0.39, 0.29) is 17.6 Å². The van der Waals surface area contributed by atoms with Crippen LogP contribution in [-0.2, 0) is 10.0 Å². The maximum absolute atomic E-state index is 13.3. The zero-order valence-corrected chi connectivity index (χ0v) is 20.8. The van der Waals surface area contributed by atoms with Crippen LogP contribution in [0.2, 0.25) is 0 Å². The maximum atomic E-state index is 13.3. The van der Waals surface area contributed by atoms with Crippen LogP contribution in [0.25, 0.3) is 0 Å². The van der Waals surface area contributed by atoms with Gasteiger partial charge in [-0.15, -0.1) is 0 Å². The lowest BCUT2D eigenvalue weighted by Gasteiger charge is -2.42. The van der Waals surface area contributed by atoms with Gasteiger partial charge in [0.25, 0.3) is 0 Å². The van der Waals surface area contributed by atoms with Crippen LogP contribution in [0, 0.1) is 24.1 Å². The molecule has 1 aliphatic heterocycles. The summed E-state index contributed by atoms with van der Waals surface area (Å²) in [6, 6.07) is 10.0. The van der Waals surface area contributed by atoms with Crippen molar-refractivity contribution in [3.63, 3.8) is 0 Å². The van der Waals surface area contributed by atoms with Crippen molar-refractivity contribution in [3.05, 3.63) is 58.9 Å². The van der Waals surface area contributed by atoms with E-state index in [9.17, 15) is 12.8 Å². The van der Waals surface area contributed by atoms with Crippen molar-refractivity contribution in [2.45, 2.75) is 40.2 Å². The summed E-state index contributed by atoms with van der Waals surface area (Å²) in [4.78, 5) is 2.37. The zero-order chi connectivity index (χ0) is 24.2. The highest BCUT2D eigenvalue weighted by Crippen LogP contribution is 2.33. The molecule has 6 nitrogen and oxygen atoms in total. The Labute approximate surface area is 197 Å². The highest BCUT2D eigenvalue weighted by molar-refractivity contribution is 7.89. The first kappa shape index (κ1) is 25.3.